The molecule has 19 heavy (non-hydrogen) atoms. The van der Waals surface area contributed by atoms with E-state index < -0.39 is 0 Å². The molecular formula is C14H20ClNOS2. The van der Waals surface area contributed by atoms with Crippen molar-refractivity contribution in [2.45, 2.75) is 27.3 Å². The third kappa shape index (κ3) is 4.02. The Morgan fingerprint density at radius 3 is 2.37 bits per heavy atom. The van der Waals surface area contributed by atoms with Crippen LogP contribution in [-0.4, -0.2) is 28.5 Å². The Kier molecular flexibility index (Phi) is 6.47. The lowest BCUT2D eigenvalue weighted by atomic mass is 10.2. The van der Waals surface area contributed by atoms with E-state index in [-0.39, 0.29) is 0 Å². The number of benzene rings is 1. The summed E-state index contributed by atoms with van der Waals surface area (Å²) in [5.41, 5.74) is 1.13. The first-order valence-corrected chi connectivity index (χ1v) is 7.67. The van der Waals surface area contributed by atoms with Gasteiger partial charge in [0.25, 0.3) is 0 Å². The highest BCUT2D eigenvalue weighted by molar-refractivity contribution is 7.99. The lowest BCUT2D eigenvalue weighted by Gasteiger charge is -2.39. The molecule has 106 valence electrons. The van der Waals surface area contributed by atoms with Crippen LogP contribution < -0.4 is 4.74 Å². The molecule has 0 saturated heterocycles. The molecule has 0 aliphatic heterocycles. The molecule has 2 nitrogen and oxygen atoms in total. The van der Waals surface area contributed by atoms with Crippen LogP contribution in [0.1, 0.15) is 26.3 Å². The average molecular weight is 318 g/mol. The van der Waals surface area contributed by atoms with Crippen LogP contribution in [0.2, 0.25) is 5.02 Å². The Morgan fingerprint density at radius 2 is 1.95 bits per heavy atom. The molecule has 0 bridgehead atoms. The monoisotopic (exact) mass is 317 g/mol. The minimum Gasteiger partial charge on any atom is -0.492 e. The largest absolute Gasteiger partial charge is 0.492 e. The average Bonchev–Trinajstić information content (AvgIpc) is 2.39. The molecule has 0 unspecified atom stereocenters. The maximum atomic E-state index is 6.21. The van der Waals surface area contributed by atoms with Crippen molar-refractivity contribution in [3.63, 3.8) is 0 Å². The number of rotatable bonds is 6. The molecule has 0 spiro atoms. The Balaban J connectivity index is 2.98. The summed E-state index contributed by atoms with van der Waals surface area (Å²) in [6.45, 7) is 9.33. The first kappa shape index (κ1) is 16.6. The molecule has 0 aromatic heterocycles. The fourth-order valence-electron chi connectivity index (χ4n) is 2.03. The van der Waals surface area contributed by atoms with Gasteiger partial charge < -0.3 is 34.1 Å². The predicted octanol–water partition coefficient (Wildman–Crippen LogP) is 3.93. The van der Waals surface area contributed by atoms with Gasteiger partial charge in [-0.1, -0.05) is 11.6 Å². The molecule has 0 fully saturated rings. The molecular weight excluding hydrogens is 298 g/mol. The molecule has 0 amide bonds. The fraction of sp³-hybridized carbons (Fsp3) is 0.500. The van der Waals surface area contributed by atoms with Crippen LogP contribution in [0.15, 0.2) is 18.2 Å². The second-order valence-electron chi connectivity index (χ2n) is 4.40. The predicted molar refractivity (Wildman–Crippen MR) is 87.6 cm³/mol. The zero-order valence-electron chi connectivity index (χ0n) is 11.6. The van der Waals surface area contributed by atoms with Gasteiger partial charge in [-0.05, 0) is 39.0 Å². The van der Waals surface area contributed by atoms with Gasteiger partial charge in [0.15, 0.2) is 0 Å². The summed E-state index contributed by atoms with van der Waals surface area (Å²) in [7, 11) is 0. The number of ether oxygens (including phenoxy) is 1. The van der Waals surface area contributed by atoms with E-state index in [2.05, 4.69) is 13.8 Å². The van der Waals surface area contributed by atoms with Gasteiger partial charge in [-0.25, -0.2) is 0 Å². The van der Waals surface area contributed by atoms with Crippen molar-refractivity contribution in [2.24, 2.45) is 0 Å². The van der Waals surface area contributed by atoms with Crippen molar-refractivity contribution >= 4 is 40.8 Å². The first-order valence-electron chi connectivity index (χ1n) is 6.48. The molecule has 0 saturated carbocycles. The summed E-state index contributed by atoms with van der Waals surface area (Å²) in [4.78, 5) is 0. The van der Waals surface area contributed by atoms with Crippen LogP contribution in [0.3, 0.4) is 0 Å². The van der Waals surface area contributed by atoms with Gasteiger partial charge in [-0.2, -0.15) is 0 Å². The van der Waals surface area contributed by atoms with Gasteiger partial charge in [-0.3, -0.25) is 0 Å². The molecule has 5 heteroatoms. The fourth-order valence-corrected chi connectivity index (χ4v) is 2.94. The standard InChI is InChI=1S/C14H20ClNOS2/c1-4-16(5-2,14(18)19)10-11-7-8-13(17-6-3)12(15)9-11/h7-9H,4-6,10H2,1-3H3. The first-order chi connectivity index (χ1) is 8.99. The molecule has 1 rings (SSSR count). The van der Waals surface area contributed by atoms with Crippen LogP contribution in [0.4, 0.5) is 0 Å². The zero-order valence-corrected chi connectivity index (χ0v) is 14.0. The number of hydrogen-bond acceptors (Lipinski definition) is 3. The zero-order chi connectivity index (χ0) is 14.5. The van der Waals surface area contributed by atoms with Crippen LogP contribution >= 0.6 is 23.8 Å². The number of hydrogen-bond donors (Lipinski definition) is 0. The van der Waals surface area contributed by atoms with Gasteiger partial charge in [0, 0.05) is 9.88 Å². The van der Waals surface area contributed by atoms with Crippen molar-refractivity contribution in [3.8, 4) is 5.75 Å². The highest BCUT2D eigenvalue weighted by Crippen LogP contribution is 2.27. The summed E-state index contributed by atoms with van der Waals surface area (Å²) >= 11 is 16.7. The Morgan fingerprint density at radius 1 is 1.32 bits per heavy atom. The second-order valence-corrected chi connectivity index (χ2v) is 5.84. The normalized spacial score (nSPS) is 11.4. The lowest BCUT2D eigenvalue weighted by Crippen LogP contribution is -2.50. The van der Waals surface area contributed by atoms with E-state index in [9.17, 15) is 0 Å². The van der Waals surface area contributed by atoms with E-state index in [1.165, 1.54) is 0 Å². The highest BCUT2D eigenvalue weighted by atomic mass is 35.5. The van der Waals surface area contributed by atoms with E-state index in [0.29, 0.717) is 20.4 Å². The van der Waals surface area contributed by atoms with Crippen molar-refractivity contribution < 1.29 is 9.22 Å². The highest BCUT2D eigenvalue weighted by Gasteiger charge is 2.23. The van der Waals surface area contributed by atoms with Gasteiger partial charge in [-0.15, -0.1) is 0 Å². The molecule has 1 aromatic rings. The van der Waals surface area contributed by atoms with E-state index in [0.717, 1.165) is 30.9 Å². The summed E-state index contributed by atoms with van der Waals surface area (Å²) in [6, 6.07) is 5.88. The summed E-state index contributed by atoms with van der Waals surface area (Å²) in [5.74, 6) is 0.722. The molecule has 0 aliphatic rings. The third-order valence-electron chi connectivity index (χ3n) is 3.38. The lowest BCUT2D eigenvalue weighted by molar-refractivity contribution is -0.845. The van der Waals surface area contributed by atoms with Crippen molar-refractivity contribution in [3.05, 3.63) is 28.8 Å². The topological polar surface area (TPSA) is 9.23 Å². The minimum absolute atomic E-state index is 0.606. The van der Waals surface area contributed by atoms with Crippen LogP contribution in [0, 0.1) is 0 Å². The van der Waals surface area contributed by atoms with E-state index in [1.54, 1.807) is 0 Å². The Hall–Kier alpha value is -0.420. The SMILES string of the molecule is CCOc1ccc(C[N+](CC)(CC)C(=S)[S-])cc1Cl. The van der Waals surface area contributed by atoms with Gasteiger partial charge in [0.2, 0.25) is 0 Å². The van der Waals surface area contributed by atoms with E-state index >= 15 is 0 Å². The molecule has 1 aromatic carbocycles. The van der Waals surface area contributed by atoms with Crippen LogP contribution in [-0.2, 0) is 19.2 Å². The van der Waals surface area contributed by atoms with Crippen molar-refractivity contribution in [2.75, 3.05) is 19.7 Å². The van der Waals surface area contributed by atoms with Gasteiger partial charge in [0.1, 0.15) is 12.3 Å². The number of halogens is 1. The number of quaternary nitrogens is 1. The van der Waals surface area contributed by atoms with E-state index in [4.69, 9.17) is 41.2 Å². The Bertz CT molecular complexity index is 447. The smallest absolute Gasteiger partial charge is 0.137 e. The molecule has 0 heterocycles. The Labute approximate surface area is 131 Å². The minimum atomic E-state index is 0.606. The molecule has 0 radical (unpaired) electrons. The summed E-state index contributed by atoms with van der Waals surface area (Å²) in [5, 5.41) is 0.639. The van der Waals surface area contributed by atoms with Crippen LogP contribution in [0.25, 0.3) is 0 Å². The number of nitrogens with zero attached hydrogens (tertiary/aromatic N) is 1. The van der Waals surface area contributed by atoms with E-state index in [1.807, 2.05) is 25.1 Å². The maximum Gasteiger partial charge on any atom is 0.137 e. The second kappa shape index (κ2) is 7.39. The van der Waals surface area contributed by atoms with Gasteiger partial charge >= 0.3 is 0 Å². The van der Waals surface area contributed by atoms with Crippen molar-refractivity contribution in [1.82, 2.24) is 0 Å². The molecule has 0 N–H and O–H groups in total. The maximum absolute atomic E-state index is 6.21. The van der Waals surface area contributed by atoms with Crippen LogP contribution in [0.5, 0.6) is 5.75 Å². The summed E-state index contributed by atoms with van der Waals surface area (Å²) < 4.78 is 6.68. The van der Waals surface area contributed by atoms with Gasteiger partial charge in [0.05, 0.1) is 24.7 Å². The molecule has 0 atom stereocenters. The quantitative estimate of drug-likeness (QED) is 0.447. The number of thiocarbonyl (C=S) groups is 1. The third-order valence-corrected chi connectivity index (χ3v) is 4.45. The van der Waals surface area contributed by atoms with Crippen molar-refractivity contribution in [1.29, 1.82) is 0 Å². The summed E-state index contributed by atoms with van der Waals surface area (Å²) in [6.07, 6.45) is 0. The molecule has 0 aliphatic carbocycles.